The predicted molar refractivity (Wildman–Crippen MR) is 222 cm³/mol. The molecule has 0 saturated carbocycles. The van der Waals surface area contributed by atoms with E-state index >= 15 is 0 Å². The lowest BCUT2D eigenvalue weighted by atomic mass is 9.90. The van der Waals surface area contributed by atoms with Crippen molar-refractivity contribution >= 4 is 34.1 Å². The molecule has 6 nitrogen and oxygen atoms in total. The molecule has 0 amide bonds. The molecule has 0 bridgehead atoms. The summed E-state index contributed by atoms with van der Waals surface area (Å²) in [7, 11) is 5.15. The van der Waals surface area contributed by atoms with Crippen molar-refractivity contribution in [3.05, 3.63) is 174 Å². The van der Waals surface area contributed by atoms with Crippen molar-refractivity contribution in [1.29, 1.82) is 0 Å². The Bertz CT molecular complexity index is 2170. The van der Waals surface area contributed by atoms with Crippen LogP contribution in [0.3, 0.4) is 0 Å². The zero-order valence-corrected chi connectivity index (χ0v) is 31.3. The Hall–Kier alpha value is -6.50. The first-order valence-corrected chi connectivity index (χ1v) is 18.0. The van der Waals surface area contributed by atoms with Gasteiger partial charge in [0.25, 0.3) is 0 Å². The zero-order chi connectivity index (χ0) is 37.6. The van der Waals surface area contributed by atoms with E-state index in [2.05, 4.69) is 109 Å². The lowest BCUT2D eigenvalue weighted by Crippen LogP contribution is -2.12. The number of aliphatic hydroxyl groups excluding tert-OH is 1. The molecule has 7 aromatic carbocycles. The maximum absolute atomic E-state index is 9.72. The Balaban J connectivity index is 1.34. The van der Waals surface area contributed by atoms with E-state index in [0.29, 0.717) is 0 Å². The molecule has 0 aliphatic rings. The normalized spacial score (nSPS) is 10.9. The zero-order valence-electron chi connectivity index (χ0n) is 31.3. The highest BCUT2D eigenvalue weighted by Gasteiger charge is 2.24. The number of hydrogen-bond donors (Lipinski definition) is 1. The summed E-state index contributed by atoms with van der Waals surface area (Å²) < 4.78 is 18.0. The third-order valence-corrected chi connectivity index (χ3v) is 9.77. The SMILES string of the molecule is COc1ccc(N(c2ccccc2)c2cccc(-c3cc(C)c(-c4cccc(N(c5ccccc5)c5ccc(CO)cc5)c4OC)cc3C)c2OC)cc1. The Morgan fingerprint density at radius 3 is 1.22 bits per heavy atom. The molecule has 0 radical (unpaired) electrons. The van der Waals surface area contributed by atoms with E-state index < -0.39 is 0 Å². The number of benzene rings is 7. The van der Waals surface area contributed by atoms with Gasteiger partial charge in [-0.05, 0) is 114 Å². The van der Waals surface area contributed by atoms with Gasteiger partial charge in [-0.25, -0.2) is 0 Å². The van der Waals surface area contributed by atoms with Crippen LogP contribution in [0.1, 0.15) is 16.7 Å². The summed E-state index contributed by atoms with van der Waals surface area (Å²) >= 11 is 0. The van der Waals surface area contributed by atoms with Gasteiger partial charge < -0.3 is 29.1 Å². The van der Waals surface area contributed by atoms with E-state index in [1.54, 1.807) is 21.3 Å². The highest BCUT2D eigenvalue weighted by atomic mass is 16.5. The van der Waals surface area contributed by atoms with Crippen LogP contribution in [0.4, 0.5) is 34.1 Å². The topological polar surface area (TPSA) is 54.4 Å². The standard InChI is InChI=1S/C48H44N2O4/c1-33-31-44(42-19-13-21-46(48(42)54-5)50(37-16-10-7-11-17-37)39-26-28-40(52-3)29-27-39)34(2)30-43(33)41-18-12-20-45(47(41)53-4)49(36-14-8-6-9-15-36)38-24-22-35(32-51)23-25-38/h6-31,51H,32H2,1-5H3. The van der Waals surface area contributed by atoms with Crippen LogP contribution in [0.2, 0.25) is 0 Å². The van der Waals surface area contributed by atoms with E-state index in [4.69, 9.17) is 14.2 Å². The van der Waals surface area contributed by atoms with Crippen molar-refractivity contribution in [2.24, 2.45) is 0 Å². The van der Waals surface area contributed by atoms with Crippen molar-refractivity contribution in [2.75, 3.05) is 31.1 Å². The van der Waals surface area contributed by atoms with Gasteiger partial charge in [0.2, 0.25) is 0 Å². The van der Waals surface area contributed by atoms with Crippen LogP contribution < -0.4 is 24.0 Å². The number of nitrogens with zero attached hydrogens (tertiary/aromatic N) is 2. The minimum Gasteiger partial charge on any atom is -0.497 e. The molecule has 0 atom stereocenters. The van der Waals surface area contributed by atoms with E-state index in [1.165, 1.54) is 0 Å². The summed E-state index contributed by atoms with van der Waals surface area (Å²) in [4.78, 5) is 4.41. The summed E-state index contributed by atoms with van der Waals surface area (Å²) in [6.07, 6.45) is 0. The molecule has 6 heteroatoms. The van der Waals surface area contributed by atoms with Gasteiger partial charge in [0.1, 0.15) is 5.75 Å². The van der Waals surface area contributed by atoms with Crippen molar-refractivity contribution in [3.63, 3.8) is 0 Å². The molecule has 0 aromatic heterocycles. The lowest BCUT2D eigenvalue weighted by molar-refractivity contribution is 0.282. The van der Waals surface area contributed by atoms with Gasteiger partial charge in [-0.1, -0.05) is 84.9 Å². The Morgan fingerprint density at radius 1 is 0.426 bits per heavy atom. The van der Waals surface area contributed by atoms with Crippen molar-refractivity contribution in [2.45, 2.75) is 20.5 Å². The third-order valence-electron chi connectivity index (χ3n) is 9.77. The molecule has 1 N–H and O–H groups in total. The highest BCUT2D eigenvalue weighted by molar-refractivity contribution is 5.91. The number of methoxy groups -OCH3 is 3. The quantitative estimate of drug-likeness (QED) is 0.136. The van der Waals surface area contributed by atoms with Gasteiger partial charge >= 0.3 is 0 Å². The molecule has 0 heterocycles. The molecular weight excluding hydrogens is 669 g/mol. The maximum atomic E-state index is 9.72. The summed E-state index contributed by atoms with van der Waals surface area (Å²) in [6.45, 7) is 4.29. The van der Waals surface area contributed by atoms with Crippen LogP contribution in [0.25, 0.3) is 22.3 Å². The molecular formula is C48H44N2O4. The Labute approximate surface area is 318 Å². The predicted octanol–water partition coefficient (Wildman–Crippen LogP) is 12.1. The summed E-state index contributed by atoms with van der Waals surface area (Å²) in [5.41, 5.74) is 13.0. The second-order valence-electron chi connectivity index (χ2n) is 13.1. The van der Waals surface area contributed by atoms with Crippen LogP contribution in [-0.4, -0.2) is 26.4 Å². The largest absolute Gasteiger partial charge is 0.497 e. The van der Waals surface area contributed by atoms with Crippen molar-refractivity contribution in [1.82, 2.24) is 0 Å². The van der Waals surface area contributed by atoms with E-state index in [1.807, 2.05) is 72.8 Å². The fourth-order valence-electron chi connectivity index (χ4n) is 7.14. The molecule has 0 fully saturated rings. The number of hydrogen-bond acceptors (Lipinski definition) is 6. The molecule has 7 aromatic rings. The maximum Gasteiger partial charge on any atom is 0.150 e. The summed E-state index contributed by atoms with van der Waals surface area (Å²) in [5, 5.41) is 9.72. The van der Waals surface area contributed by atoms with Gasteiger partial charge in [0, 0.05) is 33.9 Å². The molecule has 54 heavy (non-hydrogen) atoms. The van der Waals surface area contributed by atoms with Crippen LogP contribution in [0.5, 0.6) is 17.2 Å². The molecule has 0 aliphatic carbocycles. The first-order chi connectivity index (χ1) is 26.4. The lowest BCUT2D eigenvalue weighted by Gasteiger charge is -2.29. The molecule has 270 valence electrons. The van der Waals surface area contributed by atoms with Gasteiger partial charge in [0.05, 0.1) is 39.3 Å². The second-order valence-corrected chi connectivity index (χ2v) is 13.1. The average Bonchev–Trinajstić information content (AvgIpc) is 3.23. The number of aliphatic hydroxyl groups is 1. The average molecular weight is 713 g/mol. The Kier molecular flexibility index (Phi) is 10.7. The van der Waals surface area contributed by atoms with Gasteiger partial charge in [-0.3, -0.25) is 0 Å². The number of ether oxygens (including phenoxy) is 3. The Morgan fingerprint density at radius 2 is 0.833 bits per heavy atom. The van der Waals surface area contributed by atoms with Crippen molar-refractivity contribution in [3.8, 4) is 39.5 Å². The van der Waals surface area contributed by atoms with Crippen LogP contribution in [0.15, 0.2) is 158 Å². The van der Waals surface area contributed by atoms with E-state index in [0.717, 1.165) is 90.3 Å². The summed E-state index contributed by atoms with van der Waals surface area (Å²) in [6, 6.07) is 53.7. The van der Waals surface area contributed by atoms with Crippen LogP contribution in [0, 0.1) is 13.8 Å². The number of rotatable bonds is 12. The highest BCUT2D eigenvalue weighted by Crippen LogP contribution is 2.49. The number of para-hydroxylation sites is 4. The fraction of sp³-hybridized carbons (Fsp3) is 0.125. The molecule has 0 saturated heterocycles. The van der Waals surface area contributed by atoms with Crippen LogP contribution >= 0.6 is 0 Å². The van der Waals surface area contributed by atoms with Crippen molar-refractivity contribution < 1.29 is 19.3 Å². The van der Waals surface area contributed by atoms with Crippen LogP contribution in [-0.2, 0) is 6.61 Å². The first-order valence-electron chi connectivity index (χ1n) is 18.0. The number of anilines is 6. The van der Waals surface area contributed by atoms with Gasteiger partial charge in [-0.15, -0.1) is 0 Å². The molecule has 7 rings (SSSR count). The number of aryl methyl sites for hydroxylation is 2. The minimum absolute atomic E-state index is 0.0107. The smallest absolute Gasteiger partial charge is 0.150 e. The molecule has 0 spiro atoms. The first kappa shape index (κ1) is 35.9. The third kappa shape index (κ3) is 6.99. The monoisotopic (exact) mass is 712 g/mol. The molecule has 0 unspecified atom stereocenters. The minimum atomic E-state index is -0.0107. The van der Waals surface area contributed by atoms with E-state index in [9.17, 15) is 5.11 Å². The van der Waals surface area contributed by atoms with E-state index in [-0.39, 0.29) is 6.61 Å². The molecule has 0 aliphatic heterocycles. The summed E-state index contributed by atoms with van der Waals surface area (Å²) in [5.74, 6) is 2.34. The second kappa shape index (κ2) is 16.0. The van der Waals surface area contributed by atoms with Gasteiger partial charge in [-0.2, -0.15) is 0 Å². The fourth-order valence-corrected chi connectivity index (χ4v) is 7.14. The van der Waals surface area contributed by atoms with Gasteiger partial charge in [0.15, 0.2) is 11.5 Å².